The van der Waals surface area contributed by atoms with Crippen molar-refractivity contribution in [2.75, 3.05) is 6.61 Å². The van der Waals surface area contributed by atoms with Gasteiger partial charge in [-0.25, -0.2) is 0 Å². The molecule has 0 radical (unpaired) electrons. The third-order valence-corrected chi connectivity index (χ3v) is 2.36. The summed E-state index contributed by atoms with van der Waals surface area (Å²) >= 11 is 0. The van der Waals surface area contributed by atoms with Gasteiger partial charge in [-0.3, -0.25) is 0 Å². The highest BCUT2D eigenvalue weighted by Gasteiger charge is 1.93. The summed E-state index contributed by atoms with van der Waals surface area (Å²) in [6.07, 6.45) is 10.3. The highest BCUT2D eigenvalue weighted by Crippen LogP contribution is 2.10. The summed E-state index contributed by atoms with van der Waals surface area (Å²) in [4.78, 5) is 0. The molecule has 0 aromatic carbocycles. The molecule has 0 aromatic heterocycles. The van der Waals surface area contributed by atoms with Crippen LogP contribution >= 0.6 is 0 Å². The maximum Gasteiger partial charge on any atom is 0.0639 e. The van der Waals surface area contributed by atoms with Gasteiger partial charge in [0.05, 0.1) is 6.61 Å². The van der Waals surface area contributed by atoms with E-state index >= 15 is 0 Å². The van der Waals surface area contributed by atoms with Gasteiger partial charge >= 0.3 is 0 Å². The van der Waals surface area contributed by atoms with Crippen LogP contribution in [0, 0.1) is 0 Å². The Balaban J connectivity index is 2.95. The number of rotatable bonds is 9. The molecule has 0 aromatic rings. The number of hydrogen-bond acceptors (Lipinski definition) is 1. The molecule has 0 aliphatic heterocycles. The van der Waals surface area contributed by atoms with E-state index in [4.69, 9.17) is 5.11 Å². The average molecular weight is 184 g/mol. The van der Waals surface area contributed by atoms with Gasteiger partial charge in [0.25, 0.3) is 0 Å². The first-order chi connectivity index (χ1) is 6.31. The molecule has 0 saturated carbocycles. The van der Waals surface area contributed by atoms with E-state index < -0.39 is 0 Å². The van der Waals surface area contributed by atoms with Gasteiger partial charge in [-0.2, -0.15) is 0 Å². The molecule has 0 aliphatic carbocycles. The summed E-state index contributed by atoms with van der Waals surface area (Å²) in [6.45, 7) is 6.17. The Morgan fingerprint density at radius 1 is 1.00 bits per heavy atom. The third kappa shape index (κ3) is 9.62. The molecular weight excluding hydrogens is 160 g/mol. The second-order valence-corrected chi connectivity index (χ2v) is 3.78. The maximum absolute atomic E-state index is 8.71. The molecule has 13 heavy (non-hydrogen) atoms. The van der Waals surface area contributed by atoms with E-state index in [-0.39, 0.29) is 6.61 Å². The van der Waals surface area contributed by atoms with Gasteiger partial charge in [0, 0.05) is 0 Å². The molecule has 78 valence electrons. The quantitative estimate of drug-likeness (QED) is 0.428. The van der Waals surface area contributed by atoms with Crippen molar-refractivity contribution in [3.05, 3.63) is 12.2 Å². The van der Waals surface area contributed by atoms with Crippen LogP contribution in [0.3, 0.4) is 0 Å². The van der Waals surface area contributed by atoms with E-state index in [0.717, 1.165) is 12.0 Å². The van der Waals surface area contributed by atoms with Crippen molar-refractivity contribution in [3.8, 4) is 0 Å². The van der Waals surface area contributed by atoms with Crippen LogP contribution in [0.4, 0.5) is 0 Å². The zero-order valence-electron chi connectivity index (χ0n) is 9.02. The first-order valence-corrected chi connectivity index (χ1v) is 5.58. The van der Waals surface area contributed by atoms with Crippen LogP contribution < -0.4 is 0 Å². The van der Waals surface area contributed by atoms with E-state index in [1.807, 2.05) is 0 Å². The molecule has 0 atom stereocenters. The lowest BCUT2D eigenvalue weighted by Gasteiger charge is -2.02. The summed E-state index contributed by atoms with van der Waals surface area (Å²) in [5.41, 5.74) is 0.980. The molecule has 0 amide bonds. The smallest absolute Gasteiger partial charge is 0.0639 e. The Morgan fingerprint density at radius 2 is 1.54 bits per heavy atom. The minimum Gasteiger partial charge on any atom is -0.392 e. The zero-order chi connectivity index (χ0) is 9.94. The molecule has 0 spiro atoms. The average Bonchev–Trinajstić information content (AvgIpc) is 2.16. The standard InChI is InChI=1S/C12H24O/c1-3-4-5-6-7-8-9-10-12(2)11-13/h13H,2-11H2,1H3. The van der Waals surface area contributed by atoms with Gasteiger partial charge in [0.15, 0.2) is 0 Å². The first-order valence-electron chi connectivity index (χ1n) is 5.58. The Bertz CT molecular complexity index is 118. The number of aliphatic hydroxyl groups excluding tert-OH is 1. The predicted molar refractivity (Wildman–Crippen MR) is 58.8 cm³/mol. The van der Waals surface area contributed by atoms with Crippen LogP contribution in [0.2, 0.25) is 0 Å². The summed E-state index contributed by atoms with van der Waals surface area (Å²) in [5.74, 6) is 0. The summed E-state index contributed by atoms with van der Waals surface area (Å²) in [6, 6.07) is 0. The largest absolute Gasteiger partial charge is 0.392 e. The van der Waals surface area contributed by atoms with Crippen molar-refractivity contribution >= 4 is 0 Å². The van der Waals surface area contributed by atoms with Crippen LogP contribution in [0.5, 0.6) is 0 Å². The predicted octanol–water partition coefficient (Wildman–Crippen LogP) is 3.68. The molecule has 0 unspecified atom stereocenters. The molecule has 0 aliphatic rings. The summed E-state index contributed by atoms with van der Waals surface area (Å²) < 4.78 is 0. The number of hydrogen-bond donors (Lipinski definition) is 1. The van der Waals surface area contributed by atoms with Crippen molar-refractivity contribution in [2.45, 2.75) is 58.3 Å². The van der Waals surface area contributed by atoms with Gasteiger partial charge in [0.2, 0.25) is 0 Å². The van der Waals surface area contributed by atoms with Crippen LogP contribution in [0.1, 0.15) is 58.3 Å². The lowest BCUT2D eigenvalue weighted by atomic mass is 10.1. The Kier molecular flexibility index (Phi) is 9.56. The van der Waals surface area contributed by atoms with Crippen molar-refractivity contribution in [1.29, 1.82) is 0 Å². The molecule has 1 N–H and O–H groups in total. The number of aliphatic hydroxyl groups is 1. The minimum atomic E-state index is 0.163. The van der Waals surface area contributed by atoms with Crippen molar-refractivity contribution < 1.29 is 5.11 Å². The molecule has 0 rings (SSSR count). The van der Waals surface area contributed by atoms with E-state index in [2.05, 4.69) is 13.5 Å². The number of unbranched alkanes of at least 4 members (excludes halogenated alkanes) is 6. The minimum absolute atomic E-state index is 0.163. The van der Waals surface area contributed by atoms with Crippen molar-refractivity contribution in [2.24, 2.45) is 0 Å². The molecule has 1 heteroatoms. The molecule has 0 fully saturated rings. The maximum atomic E-state index is 8.71. The second kappa shape index (κ2) is 9.79. The van der Waals surface area contributed by atoms with Crippen LogP contribution in [-0.4, -0.2) is 11.7 Å². The van der Waals surface area contributed by atoms with Crippen LogP contribution in [-0.2, 0) is 0 Å². The van der Waals surface area contributed by atoms with Gasteiger partial charge in [-0.1, -0.05) is 57.6 Å². The fourth-order valence-electron chi connectivity index (χ4n) is 1.41. The van der Waals surface area contributed by atoms with E-state index in [0.29, 0.717) is 0 Å². The monoisotopic (exact) mass is 184 g/mol. The SMILES string of the molecule is C=C(CO)CCCCCCCCC. The van der Waals surface area contributed by atoms with Crippen LogP contribution in [0.15, 0.2) is 12.2 Å². The molecule has 0 heterocycles. The second-order valence-electron chi connectivity index (χ2n) is 3.78. The lowest BCUT2D eigenvalue weighted by Crippen LogP contribution is -1.88. The van der Waals surface area contributed by atoms with Crippen molar-refractivity contribution in [1.82, 2.24) is 0 Å². The molecular formula is C12H24O. The fraction of sp³-hybridized carbons (Fsp3) is 0.833. The van der Waals surface area contributed by atoms with E-state index in [1.54, 1.807) is 0 Å². The third-order valence-electron chi connectivity index (χ3n) is 2.36. The zero-order valence-corrected chi connectivity index (χ0v) is 9.02. The first kappa shape index (κ1) is 12.7. The van der Waals surface area contributed by atoms with Gasteiger partial charge in [0.1, 0.15) is 0 Å². The lowest BCUT2D eigenvalue weighted by molar-refractivity contribution is 0.326. The highest BCUT2D eigenvalue weighted by atomic mass is 16.3. The Hall–Kier alpha value is -0.300. The molecule has 0 bridgehead atoms. The molecule has 0 saturated heterocycles. The Labute approximate surface area is 82.9 Å². The van der Waals surface area contributed by atoms with Gasteiger partial charge in [-0.15, -0.1) is 0 Å². The van der Waals surface area contributed by atoms with E-state index in [9.17, 15) is 0 Å². The van der Waals surface area contributed by atoms with Gasteiger partial charge in [-0.05, 0) is 12.8 Å². The molecule has 1 nitrogen and oxygen atoms in total. The van der Waals surface area contributed by atoms with Crippen molar-refractivity contribution in [3.63, 3.8) is 0 Å². The normalized spacial score (nSPS) is 10.3. The van der Waals surface area contributed by atoms with E-state index in [1.165, 1.54) is 44.9 Å². The van der Waals surface area contributed by atoms with Crippen LogP contribution in [0.25, 0.3) is 0 Å². The fourth-order valence-corrected chi connectivity index (χ4v) is 1.41. The summed E-state index contributed by atoms with van der Waals surface area (Å²) in [7, 11) is 0. The highest BCUT2D eigenvalue weighted by molar-refractivity contribution is 4.92. The Morgan fingerprint density at radius 3 is 2.08 bits per heavy atom. The van der Waals surface area contributed by atoms with Gasteiger partial charge < -0.3 is 5.11 Å². The topological polar surface area (TPSA) is 20.2 Å². The summed E-state index contributed by atoms with van der Waals surface area (Å²) in [5, 5.41) is 8.71.